The van der Waals surface area contributed by atoms with E-state index in [1.54, 1.807) is 6.07 Å². The third-order valence-corrected chi connectivity index (χ3v) is 4.30. The van der Waals surface area contributed by atoms with Crippen molar-refractivity contribution in [3.05, 3.63) is 29.6 Å². The van der Waals surface area contributed by atoms with Gasteiger partial charge in [0, 0.05) is 12.1 Å². The fourth-order valence-electron chi connectivity index (χ4n) is 2.66. The first kappa shape index (κ1) is 14.3. The summed E-state index contributed by atoms with van der Waals surface area (Å²) < 4.78 is 19.0. The van der Waals surface area contributed by atoms with E-state index in [4.69, 9.17) is 4.74 Å². The van der Waals surface area contributed by atoms with E-state index >= 15 is 0 Å². The van der Waals surface area contributed by atoms with Gasteiger partial charge in [-0.2, -0.15) is 0 Å². The number of carboxylic acid groups (broad SMARTS) is 1. The molecule has 0 radical (unpaired) electrons. The lowest BCUT2D eigenvalue weighted by Crippen LogP contribution is -2.59. The lowest BCUT2D eigenvalue weighted by Gasteiger charge is -2.31. The summed E-state index contributed by atoms with van der Waals surface area (Å²) in [7, 11) is 0. The molecule has 114 valence electrons. The average Bonchev–Trinajstić information content (AvgIpc) is 3.30. The summed E-state index contributed by atoms with van der Waals surface area (Å²) in [6, 6.07) is 4.60. The van der Waals surface area contributed by atoms with Gasteiger partial charge in [0.15, 0.2) is 5.54 Å². The number of halogens is 1. The van der Waals surface area contributed by atoms with E-state index in [0.29, 0.717) is 5.75 Å². The van der Waals surface area contributed by atoms with Gasteiger partial charge in [0.25, 0.3) is 0 Å². The van der Waals surface area contributed by atoms with Crippen LogP contribution in [0.3, 0.4) is 0 Å². The first-order chi connectivity index (χ1) is 10.0. The highest BCUT2D eigenvalue weighted by molar-refractivity contribution is 5.80. The predicted octanol–water partition coefficient (Wildman–Crippen LogP) is 2.50. The van der Waals surface area contributed by atoms with Crippen molar-refractivity contribution in [2.75, 3.05) is 6.61 Å². The molecule has 4 nitrogen and oxygen atoms in total. The van der Waals surface area contributed by atoms with Crippen molar-refractivity contribution in [3.63, 3.8) is 0 Å². The van der Waals surface area contributed by atoms with E-state index in [1.807, 2.05) is 6.92 Å². The molecule has 1 aromatic carbocycles. The molecule has 0 spiro atoms. The molecule has 1 unspecified atom stereocenters. The third-order valence-electron chi connectivity index (χ3n) is 4.30. The highest BCUT2D eigenvalue weighted by Gasteiger charge is 2.54. The van der Waals surface area contributed by atoms with Crippen LogP contribution in [0.1, 0.15) is 31.2 Å². The van der Waals surface area contributed by atoms with Crippen LogP contribution in [0.15, 0.2) is 18.2 Å². The third kappa shape index (κ3) is 3.02. The monoisotopic (exact) mass is 293 g/mol. The quantitative estimate of drug-likeness (QED) is 0.811. The van der Waals surface area contributed by atoms with Gasteiger partial charge in [0.1, 0.15) is 18.2 Å². The number of carbonyl (C=O) groups is 1. The minimum atomic E-state index is -1.04. The Morgan fingerprint density at radius 3 is 2.71 bits per heavy atom. The predicted molar refractivity (Wildman–Crippen MR) is 75.9 cm³/mol. The van der Waals surface area contributed by atoms with Crippen LogP contribution in [0.25, 0.3) is 0 Å². The Morgan fingerprint density at radius 1 is 1.43 bits per heavy atom. The Kier molecular flexibility index (Phi) is 3.61. The van der Waals surface area contributed by atoms with Gasteiger partial charge < -0.3 is 9.84 Å². The lowest BCUT2D eigenvalue weighted by molar-refractivity contribution is -0.147. The average molecular weight is 293 g/mol. The van der Waals surface area contributed by atoms with Crippen LogP contribution in [0, 0.1) is 18.7 Å². The molecule has 21 heavy (non-hydrogen) atoms. The van der Waals surface area contributed by atoms with Crippen molar-refractivity contribution < 1.29 is 19.0 Å². The standard InChI is InChI=1S/C16H20FNO3/c1-10-2-5-12(17)8-14(10)21-9-16(15(19)20,11-3-4-11)18-13-6-7-13/h2,5,8,11,13,18H,3-4,6-7,9H2,1H3,(H,19,20). The zero-order valence-corrected chi connectivity index (χ0v) is 12.1. The van der Waals surface area contributed by atoms with Gasteiger partial charge in [0.2, 0.25) is 0 Å². The van der Waals surface area contributed by atoms with Crippen molar-refractivity contribution in [1.82, 2.24) is 5.32 Å². The maximum Gasteiger partial charge on any atom is 0.327 e. The van der Waals surface area contributed by atoms with Crippen molar-refractivity contribution in [2.45, 2.75) is 44.2 Å². The molecule has 1 aromatic rings. The molecule has 5 heteroatoms. The number of hydrogen-bond acceptors (Lipinski definition) is 3. The van der Waals surface area contributed by atoms with Crippen LogP contribution in [0.5, 0.6) is 5.75 Å². The number of nitrogens with one attached hydrogen (secondary N) is 1. The van der Waals surface area contributed by atoms with Crippen molar-refractivity contribution in [3.8, 4) is 5.75 Å². The SMILES string of the molecule is Cc1ccc(F)cc1OCC(NC1CC1)(C(=O)O)C1CC1. The second-order valence-electron chi connectivity index (χ2n) is 6.17. The van der Waals surface area contributed by atoms with E-state index in [-0.39, 0.29) is 24.4 Å². The Hall–Kier alpha value is -1.62. The van der Waals surface area contributed by atoms with E-state index in [0.717, 1.165) is 31.2 Å². The summed E-state index contributed by atoms with van der Waals surface area (Å²) in [5.41, 5.74) is -0.238. The first-order valence-electron chi connectivity index (χ1n) is 7.41. The summed E-state index contributed by atoms with van der Waals surface area (Å²) in [5.74, 6) is -0.729. The summed E-state index contributed by atoms with van der Waals surface area (Å²) in [6.45, 7) is 1.86. The molecular weight excluding hydrogens is 273 g/mol. The minimum Gasteiger partial charge on any atom is -0.491 e. The summed E-state index contributed by atoms with van der Waals surface area (Å²) in [6.07, 6.45) is 3.83. The second-order valence-corrected chi connectivity index (χ2v) is 6.17. The first-order valence-corrected chi connectivity index (χ1v) is 7.41. The van der Waals surface area contributed by atoms with Gasteiger partial charge in [-0.25, -0.2) is 4.39 Å². The van der Waals surface area contributed by atoms with Gasteiger partial charge >= 0.3 is 5.97 Å². The molecule has 2 fully saturated rings. The molecular formula is C16H20FNO3. The maximum absolute atomic E-state index is 13.3. The Morgan fingerprint density at radius 2 is 2.14 bits per heavy atom. The molecule has 3 rings (SSSR count). The molecule has 0 aromatic heterocycles. The Balaban J connectivity index is 1.77. The summed E-state index contributed by atoms with van der Waals surface area (Å²) in [5, 5.41) is 12.9. The largest absolute Gasteiger partial charge is 0.491 e. The molecule has 0 bridgehead atoms. The van der Waals surface area contributed by atoms with E-state index in [1.165, 1.54) is 12.1 Å². The highest BCUT2D eigenvalue weighted by Crippen LogP contribution is 2.42. The maximum atomic E-state index is 13.3. The number of rotatable bonds is 7. The molecule has 2 aliphatic rings. The normalized spacial score (nSPS) is 20.9. The molecule has 0 heterocycles. The van der Waals surface area contributed by atoms with Crippen LogP contribution in [0.4, 0.5) is 4.39 Å². The van der Waals surface area contributed by atoms with Crippen LogP contribution in [-0.2, 0) is 4.79 Å². The smallest absolute Gasteiger partial charge is 0.327 e. The van der Waals surface area contributed by atoms with E-state index in [2.05, 4.69) is 5.32 Å². The number of aryl methyl sites for hydroxylation is 1. The number of hydrogen-bond donors (Lipinski definition) is 2. The van der Waals surface area contributed by atoms with Gasteiger partial charge in [-0.15, -0.1) is 0 Å². The topological polar surface area (TPSA) is 58.6 Å². The zero-order valence-electron chi connectivity index (χ0n) is 12.1. The number of carboxylic acids is 1. The fraction of sp³-hybridized carbons (Fsp3) is 0.562. The highest BCUT2D eigenvalue weighted by atomic mass is 19.1. The molecule has 0 saturated heterocycles. The molecule has 2 aliphatic carbocycles. The molecule has 0 amide bonds. The lowest BCUT2D eigenvalue weighted by atomic mass is 9.94. The Bertz CT molecular complexity index is 554. The van der Waals surface area contributed by atoms with Gasteiger partial charge in [-0.05, 0) is 50.2 Å². The zero-order chi connectivity index (χ0) is 15.0. The van der Waals surface area contributed by atoms with Crippen molar-refractivity contribution in [2.24, 2.45) is 5.92 Å². The summed E-state index contributed by atoms with van der Waals surface area (Å²) in [4.78, 5) is 11.8. The van der Waals surface area contributed by atoms with Crippen molar-refractivity contribution >= 4 is 5.97 Å². The fourth-order valence-corrected chi connectivity index (χ4v) is 2.66. The van der Waals surface area contributed by atoms with Crippen LogP contribution in [-0.4, -0.2) is 29.3 Å². The second kappa shape index (κ2) is 5.30. The van der Waals surface area contributed by atoms with Crippen molar-refractivity contribution in [1.29, 1.82) is 0 Å². The van der Waals surface area contributed by atoms with E-state index in [9.17, 15) is 14.3 Å². The number of benzene rings is 1. The number of ether oxygens (including phenoxy) is 1. The van der Waals surface area contributed by atoms with Gasteiger partial charge in [-0.1, -0.05) is 6.07 Å². The minimum absolute atomic E-state index is 0.0355. The van der Waals surface area contributed by atoms with Crippen LogP contribution in [0.2, 0.25) is 0 Å². The molecule has 2 N–H and O–H groups in total. The molecule has 0 aliphatic heterocycles. The van der Waals surface area contributed by atoms with Gasteiger partial charge in [0.05, 0.1) is 0 Å². The Labute approximate surface area is 123 Å². The number of aliphatic carboxylic acids is 1. The van der Waals surface area contributed by atoms with Gasteiger partial charge in [-0.3, -0.25) is 10.1 Å². The van der Waals surface area contributed by atoms with Crippen LogP contribution < -0.4 is 10.1 Å². The summed E-state index contributed by atoms with van der Waals surface area (Å²) >= 11 is 0. The van der Waals surface area contributed by atoms with Crippen LogP contribution >= 0.6 is 0 Å². The molecule has 2 saturated carbocycles. The molecule has 1 atom stereocenters. The van der Waals surface area contributed by atoms with E-state index < -0.39 is 11.5 Å².